The van der Waals surface area contributed by atoms with Gasteiger partial charge in [0, 0.05) is 23.7 Å². The molecule has 0 radical (unpaired) electrons. The maximum absolute atomic E-state index is 12.9. The Hall–Kier alpha value is -3.22. The zero-order valence-corrected chi connectivity index (χ0v) is 20.8. The van der Waals surface area contributed by atoms with E-state index in [1.165, 1.54) is 0 Å². The van der Waals surface area contributed by atoms with E-state index in [9.17, 15) is 9.59 Å². The summed E-state index contributed by atoms with van der Waals surface area (Å²) >= 11 is 12.0. The summed E-state index contributed by atoms with van der Waals surface area (Å²) < 4.78 is 11.4. The molecule has 1 N–H and O–H groups in total. The lowest BCUT2D eigenvalue weighted by Gasteiger charge is -2.33. The first-order valence-corrected chi connectivity index (χ1v) is 12.2. The Morgan fingerprint density at radius 2 is 1.89 bits per heavy atom. The van der Waals surface area contributed by atoms with E-state index in [1.54, 1.807) is 48.2 Å². The molecule has 2 amide bonds. The Balaban J connectivity index is 1.35. The summed E-state index contributed by atoms with van der Waals surface area (Å²) in [6, 6.07) is 20.4. The molecule has 1 heterocycles. The zero-order valence-electron chi connectivity index (χ0n) is 19.3. The van der Waals surface area contributed by atoms with Crippen LogP contribution in [0, 0.1) is 0 Å². The van der Waals surface area contributed by atoms with E-state index in [4.69, 9.17) is 32.7 Å². The van der Waals surface area contributed by atoms with Gasteiger partial charge in [0.15, 0.2) is 6.10 Å². The molecule has 0 aromatic heterocycles. The molecule has 3 aromatic rings. The van der Waals surface area contributed by atoms with Gasteiger partial charge in [-0.2, -0.15) is 0 Å². The Bertz CT molecular complexity index is 1200. The third kappa shape index (κ3) is 6.47. The van der Waals surface area contributed by atoms with E-state index in [-0.39, 0.29) is 18.2 Å². The van der Waals surface area contributed by atoms with E-state index >= 15 is 0 Å². The van der Waals surface area contributed by atoms with E-state index < -0.39 is 6.10 Å². The number of anilines is 2. The van der Waals surface area contributed by atoms with Crippen molar-refractivity contribution in [1.82, 2.24) is 0 Å². The van der Waals surface area contributed by atoms with Gasteiger partial charge in [-0.15, -0.1) is 0 Å². The van der Waals surface area contributed by atoms with Crippen LogP contribution in [0.3, 0.4) is 0 Å². The minimum atomic E-state index is -0.562. The molecule has 1 aliphatic heterocycles. The summed E-state index contributed by atoms with van der Waals surface area (Å²) in [5.74, 6) is 0.898. The number of hydrogen-bond donors (Lipinski definition) is 1. The van der Waals surface area contributed by atoms with Crippen molar-refractivity contribution in [2.75, 3.05) is 23.4 Å². The number of nitrogens with zero attached hydrogens (tertiary/aromatic N) is 1. The Morgan fingerprint density at radius 1 is 1.09 bits per heavy atom. The minimum Gasteiger partial charge on any atom is -0.492 e. The van der Waals surface area contributed by atoms with Crippen molar-refractivity contribution in [3.63, 3.8) is 0 Å². The van der Waals surface area contributed by atoms with Crippen LogP contribution >= 0.6 is 23.2 Å². The predicted molar refractivity (Wildman–Crippen MR) is 139 cm³/mol. The van der Waals surface area contributed by atoms with Gasteiger partial charge in [-0.3, -0.25) is 9.59 Å². The lowest BCUT2D eigenvalue weighted by Crippen LogP contribution is -2.45. The fraction of sp³-hybridized carbons (Fsp3) is 0.259. The number of ether oxygens (including phenoxy) is 2. The van der Waals surface area contributed by atoms with Crippen molar-refractivity contribution in [3.8, 4) is 11.5 Å². The van der Waals surface area contributed by atoms with Crippen LogP contribution in [0.4, 0.5) is 11.4 Å². The SMILES string of the molecule is CC1Oc2ccc(NC(=O)CCCOc3ccc(Cl)cc3Cl)cc2N(CCc2ccccc2)C1=O. The molecule has 1 atom stereocenters. The van der Waals surface area contributed by atoms with Crippen molar-refractivity contribution in [3.05, 3.63) is 82.3 Å². The van der Waals surface area contributed by atoms with E-state index in [0.29, 0.717) is 58.9 Å². The molecule has 0 aliphatic carbocycles. The highest BCUT2D eigenvalue weighted by Crippen LogP contribution is 2.36. The molecule has 1 unspecified atom stereocenters. The van der Waals surface area contributed by atoms with Gasteiger partial charge in [-0.25, -0.2) is 0 Å². The van der Waals surface area contributed by atoms with Crippen LogP contribution in [-0.2, 0) is 16.0 Å². The number of halogens is 2. The van der Waals surface area contributed by atoms with E-state index in [2.05, 4.69) is 5.32 Å². The van der Waals surface area contributed by atoms with Crippen LogP contribution in [0.15, 0.2) is 66.7 Å². The van der Waals surface area contributed by atoms with Crippen molar-refractivity contribution in [2.24, 2.45) is 0 Å². The number of amides is 2. The number of rotatable bonds is 9. The van der Waals surface area contributed by atoms with Crippen molar-refractivity contribution >= 4 is 46.4 Å². The second-order valence-corrected chi connectivity index (χ2v) is 9.09. The maximum atomic E-state index is 12.9. The Kier molecular flexibility index (Phi) is 8.16. The monoisotopic (exact) mass is 512 g/mol. The molecule has 4 rings (SSSR count). The first kappa shape index (κ1) is 24.9. The standard InChI is InChI=1S/C27H26Cl2N2O4/c1-18-27(33)31(14-13-19-6-3-2-4-7-19)23-17-21(10-12-25(23)35-18)30-26(32)8-5-15-34-24-11-9-20(28)16-22(24)29/h2-4,6-7,9-12,16-18H,5,8,13-15H2,1H3,(H,30,32). The topological polar surface area (TPSA) is 67.9 Å². The maximum Gasteiger partial charge on any atom is 0.267 e. The molecule has 1 aliphatic rings. The van der Waals surface area contributed by atoms with Crippen molar-refractivity contribution < 1.29 is 19.1 Å². The van der Waals surface area contributed by atoms with Gasteiger partial charge in [0.1, 0.15) is 11.5 Å². The second-order valence-electron chi connectivity index (χ2n) is 8.24. The lowest BCUT2D eigenvalue weighted by molar-refractivity contribution is -0.125. The van der Waals surface area contributed by atoms with Crippen molar-refractivity contribution in [1.29, 1.82) is 0 Å². The average molecular weight is 513 g/mol. The normalized spacial score (nSPS) is 14.8. The third-order valence-corrected chi connectivity index (χ3v) is 6.15. The molecule has 0 saturated carbocycles. The average Bonchev–Trinajstić information content (AvgIpc) is 2.84. The number of fused-ring (bicyclic) bond motifs is 1. The van der Waals surface area contributed by atoms with Gasteiger partial charge in [0.2, 0.25) is 5.91 Å². The number of carbonyl (C=O) groups excluding carboxylic acids is 2. The van der Waals surface area contributed by atoms with Gasteiger partial charge < -0.3 is 19.7 Å². The molecule has 0 bridgehead atoms. The van der Waals surface area contributed by atoms with Gasteiger partial charge in [-0.05, 0) is 61.7 Å². The zero-order chi connectivity index (χ0) is 24.8. The summed E-state index contributed by atoms with van der Waals surface area (Å²) in [6.45, 7) is 2.60. The lowest BCUT2D eigenvalue weighted by atomic mass is 10.1. The van der Waals surface area contributed by atoms with Crippen LogP contribution in [0.1, 0.15) is 25.3 Å². The molecular formula is C27H26Cl2N2O4. The van der Waals surface area contributed by atoms with Crippen molar-refractivity contribution in [2.45, 2.75) is 32.3 Å². The molecule has 0 fully saturated rings. The fourth-order valence-corrected chi connectivity index (χ4v) is 4.29. The molecule has 6 nitrogen and oxygen atoms in total. The van der Waals surface area contributed by atoms with Crippen LogP contribution in [0.25, 0.3) is 0 Å². The molecule has 0 spiro atoms. The van der Waals surface area contributed by atoms with E-state index in [1.807, 2.05) is 30.3 Å². The minimum absolute atomic E-state index is 0.102. The second kappa shape index (κ2) is 11.5. The number of benzene rings is 3. The molecule has 3 aromatic carbocycles. The highest BCUT2D eigenvalue weighted by molar-refractivity contribution is 6.35. The molecular weight excluding hydrogens is 487 g/mol. The quantitative estimate of drug-likeness (QED) is 0.349. The highest BCUT2D eigenvalue weighted by Gasteiger charge is 2.31. The van der Waals surface area contributed by atoms with Crippen LogP contribution in [0.5, 0.6) is 11.5 Å². The summed E-state index contributed by atoms with van der Waals surface area (Å²) in [5.41, 5.74) is 2.40. The number of nitrogens with one attached hydrogen (secondary N) is 1. The summed E-state index contributed by atoms with van der Waals surface area (Å²) in [4.78, 5) is 27.1. The molecule has 182 valence electrons. The Morgan fingerprint density at radius 3 is 2.66 bits per heavy atom. The van der Waals surface area contributed by atoms with Crippen LogP contribution in [-0.4, -0.2) is 31.1 Å². The third-order valence-electron chi connectivity index (χ3n) is 5.62. The van der Waals surface area contributed by atoms with Crippen LogP contribution in [0.2, 0.25) is 10.0 Å². The molecule has 0 saturated heterocycles. The van der Waals surface area contributed by atoms with E-state index in [0.717, 1.165) is 5.56 Å². The fourth-order valence-electron chi connectivity index (χ4n) is 3.83. The summed E-state index contributed by atoms with van der Waals surface area (Å²) in [6.07, 6.45) is 0.935. The largest absolute Gasteiger partial charge is 0.492 e. The number of hydrogen-bond acceptors (Lipinski definition) is 4. The van der Waals surface area contributed by atoms with Crippen LogP contribution < -0.4 is 19.7 Å². The first-order chi connectivity index (χ1) is 16.9. The first-order valence-electron chi connectivity index (χ1n) is 11.4. The smallest absolute Gasteiger partial charge is 0.267 e. The van der Waals surface area contributed by atoms with Gasteiger partial charge in [0.05, 0.1) is 17.3 Å². The molecule has 8 heteroatoms. The van der Waals surface area contributed by atoms with Gasteiger partial charge in [0.25, 0.3) is 5.91 Å². The number of carbonyl (C=O) groups is 2. The van der Waals surface area contributed by atoms with Gasteiger partial charge in [-0.1, -0.05) is 53.5 Å². The summed E-state index contributed by atoms with van der Waals surface area (Å²) in [5, 5.41) is 3.86. The summed E-state index contributed by atoms with van der Waals surface area (Å²) in [7, 11) is 0. The van der Waals surface area contributed by atoms with Gasteiger partial charge >= 0.3 is 0 Å². The predicted octanol–water partition coefficient (Wildman–Crippen LogP) is 6.15. The highest BCUT2D eigenvalue weighted by atomic mass is 35.5. The molecule has 35 heavy (non-hydrogen) atoms. The Labute approximate surface area is 214 Å².